The van der Waals surface area contributed by atoms with Gasteiger partial charge >= 0.3 is 0 Å². The smallest absolute Gasteiger partial charge is 0.232 e. The van der Waals surface area contributed by atoms with E-state index in [2.05, 4.69) is 24.1 Å². The number of hydrogen-bond acceptors (Lipinski definition) is 3. The van der Waals surface area contributed by atoms with Gasteiger partial charge in [-0.1, -0.05) is 74.5 Å². The van der Waals surface area contributed by atoms with E-state index in [1.54, 1.807) is 0 Å². The van der Waals surface area contributed by atoms with Crippen LogP contribution in [0.3, 0.4) is 0 Å². The van der Waals surface area contributed by atoms with Gasteiger partial charge in [-0.3, -0.25) is 9.69 Å². The van der Waals surface area contributed by atoms with Crippen molar-refractivity contribution in [2.45, 2.75) is 32.2 Å². The molecule has 1 atom stereocenters. The lowest BCUT2D eigenvalue weighted by Gasteiger charge is -2.35. The van der Waals surface area contributed by atoms with Gasteiger partial charge in [0.1, 0.15) is 0 Å². The summed E-state index contributed by atoms with van der Waals surface area (Å²) in [5.41, 5.74) is 2.05. The zero-order chi connectivity index (χ0) is 19.8. The topological polar surface area (TPSA) is 41.6 Å². The molecule has 0 aromatic heterocycles. The minimum absolute atomic E-state index is 0.0689. The van der Waals surface area contributed by atoms with Crippen LogP contribution < -0.4 is 5.32 Å². The maximum Gasteiger partial charge on any atom is 0.232 e. The Kier molecular flexibility index (Phi) is 7.63. The molecular weight excluding hydrogens is 348 g/mol. The van der Waals surface area contributed by atoms with E-state index in [1.165, 1.54) is 0 Å². The van der Waals surface area contributed by atoms with Crippen LogP contribution in [0.5, 0.6) is 0 Å². The molecule has 1 aliphatic rings. The second-order valence-corrected chi connectivity index (χ2v) is 7.93. The van der Waals surface area contributed by atoms with Crippen LogP contribution in [0.2, 0.25) is 0 Å². The largest absolute Gasteiger partial charge is 0.379 e. The average Bonchev–Trinajstić information content (AvgIpc) is 2.73. The van der Waals surface area contributed by atoms with Crippen LogP contribution in [0, 0.1) is 5.92 Å². The second kappa shape index (κ2) is 10.4. The zero-order valence-electron chi connectivity index (χ0n) is 17.0. The van der Waals surface area contributed by atoms with Gasteiger partial charge in [0, 0.05) is 25.7 Å². The maximum atomic E-state index is 13.3. The Balaban J connectivity index is 1.73. The molecule has 0 radical (unpaired) electrons. The van der Waals surface area contributed by atoms with E-state index in [9.17, 15) is 4.79 Å². The molecule has 1 unspecified atom stereocenters. The fraction of sp³-hybridized carbons (Fsp3) is 0.458. The van der Waals surface area contributed by atoms with Crippen molar-refractivity contribution in [1.29, 1.82) is 0 Å². The first kappa shape index (κ1) is 20.6. The first-order chi connectivity index (χ1) is 13.6. The van der Waals surface area contributed by atoms with E-state index < -0.39 is 0 Å². The number of nitrogens with zero attached hydrogens (tertiary/aromatic N) is 1. The molecule has 0 aliphatic carbocycles. The predicted molar refractivity (Wildman–Crippen MR) is 113 cm³/mol. The Morgan fingerprint density at radius 1 is 0.964 bits per heavy atom. The third kappa shape index (κ3) is 5.66. The average molecular weight is 381 g/mol. The molecule has 4 nitrogen and oxygen atoms in total. The molecule has 1 fully saturated rings. The van der Waals surface area contributed by atoms with Crippen molar-refractivity contribution in [2.24, 2.45) is 5.92 Å². The highest BCUT2D eigenvalue weighted by atomic mass is 16.5. The number of morpholine rings is 1. The molecular formula is C24H32N2O2. The molecule has 4 heteroatoms. The van der Waals surface area contributed by atoms with Crippen LogP contribution in [0.1, 0.15) is 37.3 Å². The van der Waals surface area contributed by atoms with E-state index in [-0.39, 0.29) is 11.8 Å². The van der Waals surface area contributed by atoms with E-state index in [4.69, 9.17) is 4.74 Å². The second-order valence-electron chi connectivity index (χ2n) is 7.93. The molecule has 0 bridgehead atoms. The Hall–Kier alpha value is -2.17. The van der Waals surface area contributed by atoms with E-state index >= 15 is 0 Å². The molecule has 2 aromatic carbocycles. The summed E-state index contributed by atoms with van der Waals surface area (Å²) in [6.45, 7) is 8.59. The number of nitrogens with one attached hydrogen (secondary N) is 1. The molecule has 150 valence electrons. The zero-order valence-corrected chi connectivity index (χ0v) is 17.0. The fourth-order valence-electron chi connectivity index (χ4n) is 3.95. The standard InChI is InChI=1S/C24H32N2O2/c1-19(2)17-22(26-13-15-28-16-14-26)18-25-24(27)23(20-9-5-3-6-10-20)21-11-7-4-8-12-21/h3-12,19,22-23H,13-18H2,1-2H3,(H,25,27). The van der Waals surface area contributed by atoms with Gasteiger partial charge in [0.25, 0.3) is 0 Å². The van der Waals surface area contributed by atoms with Crippen molar-refractivity contribution >= 4 is 5.91 Å². The number of amides is 1. The fourth-order valence-corrected chi connectivity index (χ4v) is 3.95. The van der Waals surface area contributed by atoms with Crippen LogP contribution in [0.25, 0.3) is 0 Å². The molecule has 1 heterocycles. The third-order valence-corrected chi connectivity index (χ3v) is 5.35. The molecule has 1 N–H and O–H groups in total. The molecule has 1 aliphatic heterocycles. The highest BCUT2D eigenvalue weighted by Gasteiger charge is 2.26. The van der Waals surface area contributed by atoms with Crippen LogP contribution >= 0.6 is 0 Å². The molecule has 28 heavy (non-hydrogen) atoms. The number of rotatable bonds is 8. The maximum absolute atomic E-state index is 13.3. The quantitative estimate of drug-likeness (QED) is 0.760. The van der Waals surface area contributed by atoms with Gasteiger partial charge in [0.2, 0.25) is 5.91 Å². The lowest BCUT2D eigenvalue weighted by molar-refractivity contribution is -0.122. The summed E-state index contributed by atoms with van der Waals surface area (Å²) in [5, 5.41) is 3.26. The van der Waals surface area contributed by atoms with Crippen molar-refractivity contribution in [3.05, 3.63) is 71.8 Å². The van der Waals surface area contributed by atoms with Gasteiger partial charge in [0.05, 0.1) is 19.1 Å². The Morgan fingerprint density at radius 2 is 1.50 bits per heavy atom. The van der Waals surface area contributed by atoms with Crippen LogP contribution in [0.4, 0.5) is 0 Å². The Bertz CT molecular complexity index is 672. The van der Waals surface area contributed by atoms with Gasteiger partial charge in [-0.15, -0.1) is 0 Å². The number of carbonyl (C=O) groups is 1. The number of benzene rings is 2. The third-order valence-electron chi connectivity index (χ3n) is 5.35. The van der Waals surface area contributed by atoms with Gasteiger partial charge in [-0.2, -0.15) is 0 Å². The number of hydrogen-bond donors (Lipinski definition) is 1. The van der Waals surface area contributed by atoms with E-state index in [1.807, 2.05) is 60.7 Å². The monoisotopic (exact) mass is 380 g/mol. The normalized spacial score (nSPS) is 16.3. The highest BCUT2D eigenvalue weighted by Crippen LogP contribution is 2.25. The van der Waals surface area contributed by atoms with Crippen molar-refractivity contribution in [2.75, 3.05) is 32.8 Å². The molecule has 0 saturated carbocycles. The predicted octanol–water partition coefficient (Wildman–Crippen LogP) is 3.68. The number of ether oxygens (including phenoxy) is 1. The summed E-state index contributed by atoms with van der Waals surface area (Å²) in [6.07, 6.45) is 1.07. The summed E-state index contributed by atoms with van der Waals surface area (Å²) in [5.74, 6) is 0.370. The van der Waals surface area contributed by atoms with Crippen molar-refractivity contribution in [1.82, 2.24) is 10.2 Å². The van der Waals surface area contributed by atoms with Crippen molar-refractivity contribution in [3.8, 4) is 0 Å². The molecule has 0 spiro atoms. The minimum Gasteiger partial charge on any atom is -0.379 e. The van der Waals surface area contributed by atoms with Gasteiger partial charge in [-0.05, 0) is 23.5 Å². The Morgan fingerprint density at radius 3 is 2.00 bits per heavy atom. The molecule has 1 amide bonds. The summed E-state index contributed by atoms with van der Waals surface area (Å²) in [4.78, 5) is 15.7. The van der Waals surface area contributed by atoms with E-state index in [0.717, 1.165) is 43.9 Å². The summed E-state index contributed by atoms with van der Waals surface area (Å²) in [7, 11) is 0. The molecule has 1 saturated heterocycles. The number of carbonyl (C=O) groups excluding carboxylic acids is 1. The van der Waals surface area contributed by atoms with Crippen LogP contribution in [-0.4, -0.2) is 49.7 Å². The summed E-state index contributed by atoms with van der Waals surface area (Å²) >= 11 is 0. The van der Waals surface area contributed by atoms with E-state index in [0.29, 0.717) is 18.5 Å². The first-order valence-electron chi connectivity index (χ1n) is 10.3. The highest BCUT2D eigenvalue weighted by molar-refractivity contribution is 5.87. The van der Waals surface area contributed by atoms with Crippen molar-refractivity contribution < 1.29 is 9.53 Å². The lowest BCUT2D eigenvalue weighted by atomic mass is 9.90. The minimum atomic E-state index is -0.285. The SMILES string of the molecule is CC(C)CC(CNC(=O)C(c1ccccc1)c1ccccc1)N1CCOCC1. The molecule has 3 rings (SSSR count). The summed E-state index contributed by atoms with van der Waals surface area (Å²) < 4.78 is 5.51. The first-order valence-corrected chi connectivity index (χ1v) is 10.3. The summed E-state index contributed by atoms with van der Waals surface area (Å²) in [6, 6.07) is 20.4. The Labute approximate surface area is 168 Å². The lowest BCUT2D eigenvalue weighted by Crippen LogP contribution is -2.49. The van der Waals surface area contributed by atoms with Crippen LogP contribution in [-0.2, 0) is 9.53 Å². The van der Waals surface area contributed by atoms with Gasteiger partial charge < -0.3 is 10.1 Å². The van der Waals surface area contributed by atoms with Gasteiger partial charge in [-0.25, -0.2) is 0 Å². The van der Waals surface area contributed by atoms with Crippen molar-refractivity contribution in [3.63, 3.8) is 0 Å². The van der Waals surface area contributed by atoms with Crippen LogP contribution in [0.15, 0.2) is 60.7 Å². The molecule has 2 aromatic rings. The van der Waals surface area contributed by atoms with Gasteiger partial charge in [0.15, 0.2) is 0 Å².